The van der Waals surface area contributed by atoms with E-state index in [9.17, 15) is 4.48 Å². The molecule has 0 aromatic carbocycles. The molecule has 4 heavy (non-hydrogen) atoms. The Balaban J connectivity index is 0. The van der Waals surface area contributed by atoms with E-state index in [2.05, 4.69) is 12.4 Å². The summed E-state index contributed by atoms with van der Waals surface area (Å²) in [5.41, 5.74) is 0. The fraction of sp³-hybridized carbons (Fsp3) is 0. The van der Waals surface area contributed by atoms with Crippen LogP contribution in [0, 0.1) is 0 Å². The van der Waals surface area contributed by atoms with Crippen molar-refractivity contribution in [2.45, 2.75) is 0 Å². The molecule has 4 heteroatoms. The van der Waals surface area contributed by atoms with Gasteiger partial charge in [0.05, 0.1) is 12.4 Å². The van der Waals surface area contributed by atoms with Gasteiger partial charge in [0.2, 0.25) is 0 Å². The number of hydrogen-bond acceptors (Lipinski definition) is 2. The van der Waals surface area contributed by atoms with Gasteiger partial charge in [-0.2, -0.15) is 0 Å². The summed E-state index contributed by atoms with van der Waals surface area (Å²) in [6.07, 6.45) is 0. The zero-order chi connectivity index (χ0) is 2.71. The van der Waals surface area contributed by atoms with Gasteiger partial charge in [0.25, 0.3) is 0 Å². The molecule has 0 aromatic heterocycles. The summed E-state index contributed by atoms with van der Waals surface area (Å²) in [5.74, 6) is 0. The molecule has 0 heterocycles. The van der Waals surface area contributed by atoms with Crippen molar-refractivity contribution in [3.63, 3.8) is 0 Å². The van der Waals surface area contributed by atoms with Crippen LogP contribution in [0.3, 0.4) is 0 Å². The van der Waals surface area contributed by atoms with Crippen molar-refractivity contribution < 1.29 is 4.48 Å². The van der Waals surface area contributed by atoms with Crippen LogP contribution < -0.4 is 0 Å². The van der Waals surface area contributed by atoms with Gasteiger partial charge in [-0.3, -0.25) is 0 Å². The van der Waals surface area contributed by atoms with Crippen molar-refractivity contribution in [2.24, 2.45) is 4.58 Å². The Morgan fingerprint density at radius 1 is 1.75 bits per heavy atom. The Labute approximate surface area is 40.9 Å². The van der Waals surface area contributed by atoms with Gasteiger partial charge in [0, 0.05) is 0 Å². The average Bonchev–Trinajstić information content (AvgIpc) is 0.918. The Morgan fingerprint density at radius 2 is 1.75 bits per heavy atom. The van der Waals surface area contributed by atoms with Gasteiger partial charge in [0.1, 0.15) is 0 Å². The van der Waals surface area contributed by atoms with Crippen LogP contribution in [0.15, 0.2) is 4.58 Å². The minimum absolute atomic E-state index is 0. The zero-order valence-corrected chi connectivity index (χ0v) is 2.05. The van der Waals surface area contributed by atoms with Crippen molar-refractivity contribution >= 4 is 31.3 Å². The first-order valence-corrected chi connectivity index (χ1v) is 0.717. The summed E-state index contributed by atoms with van der Waals surface area (Å²) in [5, 5.41) is 0. The molecule has 0 amide bonds. The summed E-state index contributed by atoms with van der Waals surface area (Å²) in [7, 11) is 0. The molecule has 0 radical (unpaired) electrons. The van der Waals surface area contributed by atoms with Crippen LogP contribution in [0.25, 0.3) is 0 Å². The van der Waals surface area contributed by atoms with Gasteiger partial charge < -0.3 is 0 Å². The maximum absolute atomic E-state index is 9.73. The van der Waals surface area contributed by atoms with Gasteiger partial charge in [-0.15, -0.1) is 0 Å². The van der Waals surface area contributed by atoms with Crippen LogP contribution in [0.1, 0.15) is 0 Å². The molecule has 0 spiro atoms. The molecule has 0 N–H and O–H groups in total. The van der Waals surface area contributed by atoms with Crippen LogP contribution in [0.2, 0.25) is 0 Å². The Morgan fingerprint density at radius 3 is 1.75 bits per heavy atom. The number of nitrogens with zero attached hydrogens (tertiary/aromatic N) is 1. The van der Waals surface area contributed by atoms with Crippen LogP contribution in [0.5, 0.6) is 0 Å². The summed E-state index contributed by atoms with van der Waals surface area (Å²) < 4.78 is 11.3. The van der Waals surface area contributed by atoms with Crippen LogP contribution >= 0.6 is 0 Å². The van der Waals surface area contributed by atoms with E-state index in [1.807, 2.05) is 0 Å². The Hall–Kier alpha value is 0.547. The topological polar surface area (TPSA) is 12.4 Å². The molecule has 0 saturated carbocycles. The van der Waals surface area contributed by atoms with Gasteiger partial charge in [-0.25, -0.2) is 0 Å². The molecule has 1 nitrogen and oxygen atoms in total. The number of halogens is 1. The quantitative estimate of drug-likeness (QED) is 0.366. The first-order chi connectivity index (χ1) is 1.41. The fourth-order valence-corrected chi connectivity index (χ4v) is 0. The second-order valence-electron chi connectivity index (χ2n) is 0.0690. The summed E-state index contributed by atoms with van der Waals surface area (Å²) in [6, 6.07) is 0. The monoisotopic (exact) mass is 73.0 g/mol. The van der Waals surface area contributed by atoms with E-state index in [1.54, 1.807) is 4.58 Å². The van der Waals surface area contributed by atoms with Gasteiger partial charge >= 0.3 is 18.9 Å². The predicted molar refractivity (Wildman–Crippen MR) is 18.1 cm³/mol. The fourth-order valence-electron chi connectivity index (χ4n) is 0. The first kappa shape index (κ1) is 8.82. The molecule has 0 rings (SSSR count). The van der Waals surface area contributed by atoms with Crippen molar-refractivity contribution in [1.29, 1.82) is 0 Å². The second-order valence-corrected chi connectivity index (χ2v) is 0.207. The third-order valence-corrected chi connectivity index (χ3v) is 0. The maximum atomic E-state index is 9.73. The summed E-state index contributed by atoms with van der Waals surface area (Å²) in [6.45, 7) is 0. The van der Waals surface area contributed by atoms with E-state index in [4.69, 9.17) is 0 Å². The Kier molecular flexibility index (Phi) is 21.2. The zero-order valence-electron chi connectivity index (χ0n) is 1.23. The van der Waals surface area contributed by atoms with Crippen LogP contribution in [-0.4, -0.2) is 18.9 Å². The van der Waals surface area contributed by atoms with E-state index in [0.717, 1.165) is 0 Å². The van der Waals surface area contributed by atoms with E-state index in [-0.39, 0.29) is 18.9 Å². The van der Waals surface area contributed by atoms with Gasteiger partial charge in [-0.05, 0) is 4.58 Å². The molecule has 0 aromatic rings. The molecule has 0 unspecified atom stereocenters. The van der Waals surface area contributed by atoms with E-state index < -0.39 is 0 Å². The van der Waals surface area contributed by atoms with Crippen molar-refractivity contribution in [3.05, 3.63) is 0 Å². The average molecular weight is 73.0 g/mol. The molecule has 0 aliphatic rings. The molecule has 0 aliphatic heterocycles. The molecular formula is HFLiNS. The third kappa shape index (κ3) is 20.4. The van der Waals surface area contributed by atoms with Gasteiger partial charge in [-0.1, -0.05) is 4.48 Å². The van der Waals surface area contributed by atoms with Crippen molar-refractivity contribution in [1.82, 2.24) is 0 Å². The molecule has 0 saturated heterocycles. The minimum atomic E-state index is 0. The SMILES string of the molecule is FN=S.[LiH]. The number of hydrogen-bond donors (Lipinski definition) is 0. The van der Waals surface area contributed by atoms with Crippen LogP contribution in [0.4, 0.5) is 4.48 Å². The second kappa shape index (κ2) is 9.61. The molecule has 0 fully saturated rings. The summed E-state index contributed by atoms with van der Waals surface area (Å²) >= 11 is 3.35. The normalized spacial score (nSPS) is 3.25. The third-order valence-electron chi connectivity index (χ3n) is 0. The van der Waals surface area contributed by atoms with Crippen LogP contribution in [-0.2, 0) is 12.4 Å². The molecular weight excluding hydrogens is 72.0 g/mol. The van der Waals surface area contributed by atoms with Crippen molar-refractivity contribution in [2.75, 3.05) is 0 Å². The Bertz CT molecular complexity index is 15.5. The molecule has 0 bridgehead atoms. The van der Waals surface area contributed by atoms with E-state index >= 15 is 0 Å². The number of rotatable bonds is 0. The van der Waals surface area contributed by atoms with E-state index in [1.165, 1.54) is 0 Å². The molecule has 0 aliphatic carbocycles. The van der Waals surface area contributed by atoms with E-state index in [0.29, 0.717) is 0 Å². The van der Waals surface area contributed by atoms with Gasteiger partial charge in [0.15, 0.2) is 0 Å². The standard InChI is InChI=1S/FNS.Li.H/c1-2-3;;. The summed E-state index contributed by atoms with van der Waals surface area (Å²) in [4.78, 5) is 0. The molecule has 20 valence electrons. The van der Waals surface area contributed by atoms with Crippen molar-refractivity contribution in [3.8, 4) is 0 Å². The first-order valence-electron chi connectivity index (χ1n) is 0.352. The predicted octanol–water partition coefficient (Wildman–Crippen LogP) is -0.0471. The molecule has 0 atom stereocenters.